The number of anilines is 1. The second-order valence-electron chi connectivity index (χ2n) is 9.63. The predicted molar refractivity (Wildman–Crippen MR) is 158 cm³/mol. The molecule has 1 amide bonds. The minimum absolute atomic E-state index is 0.0257. The molecular weight excluding hydrogens is 554 g/mol. The van der Waals surface area contributed by atoms with Gasteiger partial charge in [-0.05, 0) is 49.4 Å². The number of methoxy groups -OCH3 is 2. The quantitative estimate of drug-likeness (QED) is 0.252. The van der Waals surface area contributed by atoms with Crippen molar-refractivity contribution in [3.8, 4) is 28.4 Å². The zero-order chi connectivity index (χ0) is 29.0. The van der Waals surface area contributed by atoms with Gasteiger partial charge in [0.05, 0.1) is 36.6 Å². The first-order chi connectivity index (χ1) is 20.5. The van der Waals surface area contributed by atoms with Gasteiger partial charge in [-0.25, -0.2) is 4.68 Å². The molecule has 3 aromatic heterocycles. The maximum Gasteiger partial charge on any atom is 0.297 e. The van der Waals surface area contributed by atoms with Crippen molar-refractivity contribution >= 4 is 33.3 Å². The maximum absolute atomic E-state index is 14.1. The fourth-order valence-corrected chi connectivity index (χ4v) is 6.02. The lowest BCUT2D eigenvalue weighted by Gasteiger charge is -2.22. The van der Waals surface area contributed by atoms with Crippen molar-refractivity contribution in [1.82, 2.24) is 20.0 Å². The van der Waals surface area contributed by atoms with Crippen LogP contribution >= 0.6 is 11.3 Å². The smallest absolute Gasteiger partial charge is 0.297 e. The van der Waals surface area contributed by atoms with Crippen molar-refractivity contribution < 1.29 is 18.7 Å². The number of carbonyl (C=O) groups excluding carboxylic acids is 1. The molecule has 3 aromatic carbocycles. The lowest BCUT2D eigenvalue weighted by molar-refractivity contribution is 0.0970. The number of para-hydroxylation sites is 2. The third-order valence-corrected chi connectivity index (χ3v) is 8.05. The van der Waals surface area contributed by atoms with Crippen molar-refractivity contribution in [2.24, 2.45) is 0 Å². The molecule has 0 spiro atoms. The first-order valence-corrected chi connectivity index (χ1v) is 13.9. The summed E-state index contributed by atoms with van der Waals surface area (Å²) in [5.41, 5.74) is 2.93. The summed E-state index contributed by atoms with van der Waals surface area (Å²) in [4.78, 5) is 29.6. The number of nitrogens with zero attached hydrogens (tertiary/aromatic N) is 5. The Morgan fingerprint density at radius 1 is 0.905 bits per heavy atom. The Labute approximate surface area is 243 Å². The SMILES string of the molecule is COc1ccc(-c2nn(-c3ccccc3)cc2C2c3c(oc4ccccc4c3=O)C(=O)N2c2nnc(C)s2)cc1OC. The summed E-state index contributed by atoms with van der Waals surface area (Å²) in [5.74, 6) is 0.576. The zero-order valence-electron chi connectivity index (χ0n) is 22.8. The van der Waals surface area contributed by atoms with Crippen molar-refractivity contribution in [3.63, 3.8) is 0 Å². The van der Waals surface area contributed by atoms with E-state index in [9.17, 15) is 9.59 Å². The summed E-state index contributed by atoms with van der Waals surface area (Å²) in [6.45, 7) is 1.81. The van der Waals surface area contributed by atoms with Crippen LogP contribution in [0.25, 0.3) is 27.9 Å². The zero-order valence-corrected chi connectivity index (χ0v) is 23.6. The third kappa shape index (κ3) is 3.97. The number of ether oxygens (including phenoxy) is 2. The van der Waals surface area contributed by atoms with Crippen LogP contribution in [0.1, 0.15) is 32.7 Å². The molecule has 6 aromatic rings. The molecule has 4 heterocycles. The topological polar surface area (TPSA) is 113 Å². The molecule has 42 heavy (non-hydrogen) atoms. The van der Waals surface area contributed by atoms with E-state index in [0.717, 1.165) is 5.69 Å². The van der Waals surface area contributed by atoms with Crippen LogP contribution in [-0.2, 0) is 0 Å². The van der Waals surface area contributed by atoms with Crippen molar-refractivity contribution in [2.45, 2.75) is 13.0 Å². The van der Waals surface area contributed by atoms with Crippen molar-refractivity contribution in [1.29, 1.82) is 0 Å². The first kappa shape index (κ1) is 25.7. The van der Waals surface area contributed by atoms with Crippen LogP contribution in [0.2, 0.25) is 0 Å². The predicted octanol–water partition coefficient (Wildman–Crippen LogP) is 5.57. The Morgan fingerprint density at radius 3 is 2.40 bits per heavy atom. The van der Waals surface area contributed by atoms with E-state index in [4.69, 9.17) is 19.0 Å². The Hall–Kier alpha value is -5.29. The summed E-state index contributed by atoms with van der Waals surface area (Å²) in [6, 6.07) is 21.1. The Bertz CT molecular complexity index is 2050. The van der Waals surface area contributed by atoms with Crippen molar-refractivity contribution in [3.05, 3.63) is 111 Å². The molecule has 0 bridgehead atoms. The monoisotopic (exact) mass is 577 g/mol. The highest BCUT2D eigenvalue weighted by molar-refractivity contribution is 7.15. The van der Waals surface area contributed by atoms with Gasteiger partial charge in [0.2, 0.25) is 10.9 Å². The van der Waals surface area contributed by atoms with Crippen LogP contribution in [0.4, 0.5) is 5.13 Å². The molecule has 11 heteroatoms. The molecule has 1 aliphatic rings. The van der Waals surface area contributed by atoms with Gasteiger partial charge in [-0.1, -0.05) is 41.7 Å². The normalized spacial score (nSPS) is 14.4. The van der Waals surface area contributed by atoms with Crippen LogP contribution in [0.5, 0.6) is 11.5 Å². The summed E-state index contributed by atoms with van der Waals surface area (Å²) in [6.07, 6.45) is 1.84. The Morgan fingerprint density at radius 2 is 1.67 bits per heavy atom. The molecule has 1 aliphatic heterocycles. The van der Waals surface area contributed by atoms with Gasteiger partial charge in [-0.2, -0.15) is 5.10 Å². The molecular formula is C31H23N5O5S. The van der Waals surface area contributed by atoms with E-state index < -0.39 is 11.9 Å². The van der Waals surface area contributed by atoms with Gasteiger partial charge < -0.3 is 13.9 Å². The minimum atomic E-state index is -0.888. The van der Waals surface area contributed by atoms with Gasteiger partial charge in [0.15, 0.2) is 16.9 Å². The number of hydrogen-bond acceptors (Lipinski definition) is 9. The maximum atomic E-state index is 14.1. The Kier molecular flexibility index (Phi) is 6.09. The van der Waals surface area contributed by atoms with Crippen LogP contribution in [0.3, 0.4) is 0 Å². The molecule has 0 saturated heterocycles. The van der Waals surface area contributed by atoms with E-state index in [1.807, 2.05) is 55.6 Å². The number of hydrogen-bond donors (Lipinski definition) is 0. The average Bonchev–Trinajstić information content (AvgIpc) is 3.73. The third-order valence-electron chi connectivity index (χ3n) is 7.21. The highest BCUT2D eigenvalue weighted by Gasteiger charge is 2.46. The largest absolute Gasteiger partial charge is 0.493 e. The fraction of sp³-hybridized carbons (Fsp3) is 0.129. The second kappa shape index (κ2) is 9.96. The fourth-order valence-electron chi connectivity index (χ4n) is 5.30. The molecule has 208 valence electrons. The summed E-state index contributed by atoms with van der Waals surface area (Å²) in [5, 5.41) is 14.8. The number of rotatable bonds is 6. The van der Waals surface area contributed by atoms with Gasteiger partial charge in [-0.3, -0.25) is 14.5 Å². The number of aryl methyl sites for hydroxylation is 1. The molecule has 10 nitrogen and oxygen atoms in total. The average molecular weight is 578 g/mol. The molecule has 7 rings (SSSR count). The van der Waals surface area contributed by atoms with Gasteiger partial charge in [0, 0.05) is 17.3 Å². The summed E-state index contributed by atoms with van der Waals surface area (Å²) < 4.78 is 18.9. The van der Waals surface area contributed by atoms with Gasteiger partial charge >= 0.3 is 0 Å². The van der Waals surface area contributed by atoms with E-state index in [-0.39, 0.29) is 16.8 Å². The van der Waals surface area contributed by atoms with E-state index in [0.29, 0.717) is 49.4 Å². The van der Waals surface area contributed by atoms with Crippen molar-refractivity contribution in [2.75, 3.05) is 19.1 Å². The molecule has 0 radical (unpaired) electrons. The number of fused-ring (bicyclic) bond motifs is 2. The van der Waals surface area contributed by atoms with E-state index >= 15 is 0 Å². The van der Waals surface area contributed by atoms with Crippen LogP contribution in [0.15, 0.2) is 88.2 Å². The molecule has 1 unspecified atom stereocenters. The Balaban J connectivity index is 1.54. The number of carbonyl (C=O) groups is 1. The van der Waals surface area contributed by atoms with E-state index in [2.05, 4.69) is 10.2 Å². The summed E-state index contributed by atoms with van der Waals surface area (Å²) >= 11 is 1.26. The molecule has 0 saturated carbocycles. The van der Waals surface area contributed by atoms with Gasteiger partial charge in [0.25, 0.3) is 5.91 Å². The standard InChI is InChI=1S/C31H23N5O5S/c1-17-32-33-31(42-17)36-27(25-28(37)20-11-7-8-12-22(20)41-29(25)30(36)38)21-16-35(19-9-5-4-6-10-19)34-26(21)18-13-14-23(39-2)24(15-18)40-3/h4-16,27H,1-3H3. The molecule has 0 fully saturated rings. The highest BCUT2D eigenvalue weighted by atomic mass is 32.1. The minimum Gasteiger partial charge on any atom is -0.493 e. The molecule has 0 N–H and O–H groups in total. The lowest BCUT2D eigenvalue weighted by Crippen LogP contribution is -2.29. The second-order valence-corrected chi connectivity index (χ2v) is 10.8. The van der Waals surface area contributed by atoms with Crippen LogP contribution in [0, 0.1) is 6.92 Å². The van der Waals surface area contributed by atoms with E-state index in [1.165, 1.54) is 16.2 Å². The van der Waals surface area contributed by atoms with Crippen LogP contribution in [-0.4, -0.2) is 40.1 Å². The summed E-state index contributed by atoms with van der Waals surface area (Å²) in [7, 11) is 3.13. The molecule has 0 aliphatic carbocycles. The van der Waals surface area contributed by atoms with E-state index in [1.54, 1.807) is 49.2 Å². The number of aromatic nitrogens is 4. The van der Waals surface area contributed by atoms with Gasteiger partial charge in [-0.15, -0.1) is 10.2 Å². The number of benzene rings is 3. The van der Waals surface area contributed by atoms with Crippen LogP contribution < -0.4 is 19.8 Å². The highest BCUT2D eigenvalue weighted by Crippen LogP contribution is 2.45. The lowest BCUT2D eigenvalue weighted by atomic mass is 9.96. The molecule has 1 atom stereocenters. The number of amides is 1. The first-order valence-electron chi connectivity index (χ1n) is 13.0. The van der Waals surface area contributed by atoms with Gasteiger partial charge in [0.1, 0.15) is 16.6 Å².